The van der Waals surface area contributed by atoms with Crippen molar-refractivity contribution in [1.29, 1.82) is 0 Å². The summed E-state index contributed by atoms with van der Waals surface area (Å²) in [6.45, 7) is -0.0820. The van der Waals surface area contributed by atoms with Gasteiger partial charge in [0.2, 0.25) is 15.9 Å². The molecule has 0 unspecified atom stereocenters. The maximum absolute atomic E-state index is 11.7. The Labute approximate surface area is 147 Å². The molecule has 1 aliphatic heterocycles. The van der Waals surface area contributed by atoms with Crippen molar-refractivity contribution in [1.82, 2.24) is 10.2 Å². The molecule has 0 aliphatic carbocycles. The number of rotatable bonds is 5. The summed E-state index contributed by atoms with van der Waals surface area (Å²) in [6, 6.07) is 4.93. The normalized spacial score (nSPS) is 14.5. The Balaban J connectivity index is 1.83. The molecule has 4 amide bonds. The number of carbonyl (C=O) groups is 4. The summed E-state index contributed by atoms with van der Waals surface area (Å²) < 4.78 is 22.2. The van der Waals surface area contributed by atoms with Crippen LogP contribution in [0.5, 0.6) is 0 Å². The minimum absolute atomic E-state index is 0.0211. The topological polar surface area (TPSA) is 156 Å². The molecule has 2 rings (SSSR count). The molecule has 1 fully saturated rings. The zero-order valence-corrected chi connectivity index (χ0v) is 14.4. The van der Waals surface area contributed by atoms with Crippen molar-refractivity contribution in [3.63, 3.8) is 0 Å². The van der Waals surface area contributed by atoms with Gasteiger partial charge in [0.1, 0.15) is 0 Å². The molecular formula is C13H14N4O6S2. The first kappa shape index (κ1) is 18.9. The third kappa shape index (κ3) is 5.01. The van der Waals surface area contributed by atoms with Gasteiger partial charge in [-0.05, 0) is 24.3 Å². The standard InChI is InChI=1S/C13H14N4O6S2/c14-25(22,23)9-3-1-8(2-4-9)16-12(20)11(19)15-5-6-17-10(18)7-24-13(17)21/h1-4H,5-7H2,(H,15,19)(H,16,20)(H2,14,22,23). The van der Waals surface area contributed by atoms with Crippen LogP contribution >= 0.6 is 11.8 Å². The highest BCUT2D eigenvalue weighted by atomic mass is 32.2. The van der Waals surface area contributed by atoms with Gasteiger partial charge in [-0.3, -0.25) is 24.1 Å². The van der Waals surface area contributed by atoms with Crippen molar-refractivity contribution >= 4 is 50.4 Å². The summed E-state index contributed by atoms with van der Waals surface area (Å²) in [4.78, 5) is 47.0. The van der Waals surface area contributed by atoms with Crippen molar-refractivity contribution in [2.75, 3.05) is 24.2 Å². The van der Waals surface area contributed by atoms with Crippen LogP contribution in [-0.2, 0) is 24.4 Å². The zero-order chi connectivity index (χ0) is 18.6. The zero-order valence-electron chi connectivity index (χ0n) is 12.7. The summed E-state index contributed by atoms with van der Waals surface area (Å²) in [6.07, 6.45) is 0. The van der Waals surface area contributed by atoms with Crippen molar-refractivity contribution in [2.24, 2.45) is 5.14 Å². The van der Waals surface area contributed by atoms with Crippen molar-refractivity contribution in [2.45, 2.75) is 4.90 Å². The molecule has 25 heavy (non-hydrogen) atoms. The molecular weight excluding hydrogens is 372 g/mol. The number of nitrogens with one attached hydrogen (secondary N) is 2. The van der Waals surface area contributed by atoms with E-state index in [0.717, 1.165) is 16.7 Å². The smallest absolute Gasteiger partial charge is 0.313 e. The number of nitrogens with two attached hydrogens (primary N) is 1. The first-order valence-electron chi connectivity index (χ1n) is 6.87. The third-order valence-corrected chi connectivity index (χ3v) is 4.90. The maximum Gasteiger partial charge on any atom is 0.313 e. The summed E-state index contributed by atoms with van der Waals surface area (Å²) in [7, 11) is -3.85. The van der Waals surface area contributed by atoms with Gasteiger partial charge in [-0.25, -0.2) is 13.6 Å². The number of primary sulfonamides is 1. The van der Waals surface area contributed by atoms with Gasteiger partial charge < -0.3 is 10.6 Å². The van der Waals surface area contributed by atoms with E-state index in [-0.39, 0.29) is 35.3 Å². The number of hydrogen-bond acceptors (Lipinski definition) is 7. The molecule has 10 nitrogen and oxygen atoms in total. The van der Waals surface area contributed by atoms with Crippen LogP contribution in [0.15, 0.2) is 29.2 Å². The lowest BCUT2D eigenvalue weighted by atomic mass is 10.3. The number of sulfonamides is 1. The van der Waals surface area contributed by atoms with E-state index in [0.29, 0.717) is 0 Å². The number of benzene rings is 1. The van der Waals surface area contributed by atoms with Crippen LogP contribution in [0.3, 0.4) is 0 Å². The fraction of sp³-hybridized carbons (Fsp3) is 0.231. The fourth-order valence-corrected chi connectivity index (χ4v) is 3.14. The first-order valence-corrected chi connectivity index (χ1v) is 9.41. The lowest BCUT2D eigenvalue weighted by Crippen LogP contribution is -2.41. The fourth-order valence-electron chi connectivity index (χ4n) is 1.87. The van der Waals surface area contributed by atoms with Crippen LogP contribution in [0, 0.1) is 0 Å². The predicted molar refractivity (Wildman–Crippen MR) is 89.0 cm³/mol. The molecule has 1 aromatic rings. The number of thioether (sulfide) groups is 1. The SMILES string of the molecule is NS(=O)(=O)c1ccc(NC(=O)C(=O)NCCN2C(=O)CSC2=O)cc1. The van der Waals surface area contributed by atoms with Crippen LogP contribution in [0.4, 0.5) is 10.5 Å². The Morgan fingerprint density at radius 2 is 1.80 bits per heavy atom. The minimum atomic E-state index is -3.85. The van der Waals surface area contributed by atoms with Crippen molar-refractivity contribution < 1.29 is 27.6 Å². The molecule has 0 atom stereocenters. The van der Waals surface area contributed by atoms with Crippen molar-refractivity contribution in [3.8, 4) is 0 Å². The monoisotopic (exact) mass is 386 g/mol. The van der Waals surface area contributed by atoms with E-state index < -0.39 is 27.1 Å². The predicted octanol–water partition coefficient (Wildman–Crippen LogP) is -0.916. The largest absolute Gasteiger partial charge is 0.346 e. The number of nitrogens with zero attached hydrogens (tertiary/aromatic N) is 1. The van der Waals surface area contributed by atoms with E-state index in [4.69, 9.17) is 5.14 Å². The number of hydrogen-bond donors (Lipinski definition) is 3. The molecule has 0 aromatic heterocycles. The average Bonchev–Trinajstić information content (AvgIpc) is 2.86. The minimum Gasteiger partial charge on any atom is -0.346 e. The number of imide groups is 1. The van der Waals surface area contributed by atoms with E-state index in [1.807, 2.05) is 0 Å². The highest BCUT2D eigenvalue weighted by molar-refractivity contribution is 8.14. The highest BCUT2D eigenvalue weighted by Crippen LogP contribution is 2.17. The van der Waals surface area contributed by atoms with Crippen LogP contribution < -0.4 is 15.8 Å². The van der Waals surface area contributed by atoms with Gasteiger partial charge in [-0.1, -0.05) is 11.8 Å². The summed E-state index contributed by atoms with van der Waals surface area (Å²) in [5.74, 6) is -2.20. The molecule has 1 aromatic carbocycles. The van der Waals surface area contributed by atoms with Gasteiger partial charge in [0.15, 0.2) is 0 Å². The maximum atomic E-state index is 11.7. The van der Waals surface area contributed by atoms with Gasteiger partial charge in [-0.2, -0.15) is 0 Å². The molecule has 0 radical (unpaired) electrons. The first-order chi connectivity index (χ1) is 11.7. The number of anilines is 1. The van der Waals surface area contributed by atoms with E-state index in [2.05, 4.69) is 10.6 Å². The van der Waals surface area contributed by atoms with E-state index >= 15 is 0 Å². The Morgan fingerprint density at radius 3 is 2.32 bits per heavy atom. The van der Waals surface area contributed by atoms with Gasteiger partial charge >= 0.3 is 11.8 Å². The number of carbonyl (C=O) groups excluding carboxylic acids is 4. The molecule has 0 bridgehead atoms. The highest BCUT2D eigenvalue weighted by Gasteiger charge is 2.29. The molecule has 0 saturated carbocycles. The quantitative estimate of drug-likeness (QED) is 0.553. The van der Waals surface area contributed by atoms with E-state index in [1.165, 1.54) is 24.3 Å². The van der Waals surface area contributed by atoms with Crippen LogP contribution in [0.25, 0.3) is 0 Å². The lowest BCUT2D eigenvalue weighted by Gasteiger charge is -2.13. The molecule has 1 heterocycles. The molecule has 4 N–H and O–H groups in total. The van der Waals surface area contributed by atoms with Crippen LogP contribution in [0.1, 0.15) is 0 Å². The van der Waals surface area contributed by atoms with Crippen LogP contribution in [-0.4, -0.2) is 55.1 Å². The molecule has 134 valence electrons. The summed E-state index contributed by atoms with van der Waals surface area (Å²) >= 11 is 0.877. The third-order valence-electron chi connectivity index (χ3n) is 3.11. The van der Waals surface area contributed by atoms with E-state index in [1.54, 1.807) is 0 Å². The van der Waals surface area contributed by atoms with Crippen LogP contribution in [0.2, 0.25) is 0 Å². The second-order valence-corrected chi connectivity index (χ2v) is 7.37. The molecule has 0 spiro atoms. The Hall–Kier alpha value is -2.44. The second kappa shape index (κ2) is 7.63. The lowest BCUT2D eigenvalue weighted by molar-refractivity contribution is -0.136. The number of amides is 4. The molecule has 1 saturated heterocycles. The Kier molecular flexibility index (Phi) is 5.77. The summed E-state index contributed by atoms with van der Waals surface area (Å²) in [5.41, 5.74) is 0.203. The van der Waals surface area contributed by atoms with Gasteiger partial charge in [-0.15, -0.1) is 0 Å². The van der Waals surface area contributed by atoms with Gasteiger partial charge in [0.05, 0.1) is 10.6 Å². The Morgan fingerprint density at radius 1 is 1.16 bits per heavy atom. The van der Waals surface area contributed by atoms with Gasteiger partial charge in [0, 0.05) is 18.8 Å². The molecule has 1 aliphatic rings. The van der Waals surface area contributed by atoms with Gasteiger partial charge in [0.25, 0.3) is 5.24 Å². The summed E-state index contributed by atoms with van der Waals surface area (Å²) in [5, 5.41) is 9.12. The van der Waals surface area contributed by atoms with E-state index in [9.17, 15) is 27.6 Å². The average molecular weight is 386 g/mol. The van der Waals surface area contributed by atoms with Crippen molar-refractivity contribution in [3.05, 3.63) is 24.3 Å². The molecule has 12 heteroatoms. The Bertz CT molecular complexity index is 805. The second-order valence-electron chi connectivity index (χ2n) is 4.88.